The van der Waals surface area contributed by atoms with Crippen LogP contribution in [0.3, 0.4) is 0 Å². The summed E-state index contributed by atoms with van der Waals surface area (Å²) in [6.07, 6.45) is 2.99. The predicted octanol–water partition coefficient (Wildman–Crippen LogP) is 0.369. The molecule has 0 aliphatic heterocycles. The van der Waals surface area contributed by atoms with E-state index < -0.39 is 45.0 Å². The molecule has 1 atom stereocenters. The summed E-state index contributed by atoms with van der Waals surface area (Å²) < 4.78 is 29.0. The summed E-state index contributed by atoms with van der Waals surface area (Å²) in [4.78, 5) is 30.3. The number of sulfone groups is 1. The molecule has 0 saturated carbocycles. The molecule has 1 amide bonds. The molecular weight excluding hydrogens is 326 g/mol. The first kappa shape index (κ1) is 18.8. The third-order valence-electron chi connectivity index (χ3n) is 2.39. The highest BCUT2D eigenvalue weighted by molar-refractivity contribution is 7.90. The molecule has 128 valence electrons. The summed E-state index contributed by atoms with van der Waals surface area (Å²) in [5, 5.41) is 11.1. The van der Waals surface area contributed by atoms with Crippen molar-refractivity contribution >= 4 is 21.9 Å². The number of aliphatic carboxylic acids is 1. The molecule has 1 unspecified atom stereocenters. The molecule has 0 bridgehead atoms. The van der Waals surface area contributed by atoms with E-state index in [9.17, 15) is 18.0 Å². The van der Waals surface area contributed by atoms with Crippen LogP contribution in [0.2, 0.25) is 0 Å². The summed E-state index contributed by atoms with van der Waals surface area (Å²) in [6.45, 7) is 4.81. The van der Waals surface area contributed by atoms with Gasteiger partial charge in [-0.2, -0.15) is 0 Å². The van der Waals surface area contributed by atoms with Crippen LogP contribution in [0.1, 0.15) is 26.5 Å². The van der Waals surface area contributed by atoms with Gasteiger partial charge in [-0.15, -0.1) is 0 Å². The van der Waals surface area contributed by atoms with Crippen LogP contribution in [0.4, 0.5) is 4.79 Å². The highest BCUT2D eigenvalue weighted by atomic mass is 32.2. The van der Waals surface area contributed by atoms with Gasteiger partial charge < -0.3 is 15.2 Å². The first-order chi connectivity index (χ1) is 10.5. The third-order valence-corrected chi connectivity index (χ3v) is 3.97. The second-order valence-corrected chi connectivity index (χ2v) is 7.90. The van der Waals surface area contributed by atoms with Gasteiger partial charge in [0.25, 0.3) is 0 Å². The van der Waals surface area contributed by atoms with Crippen molar-refractivity contribution in [2.75, 3.05) is 5.75 Å². The molecule has 9 nitrogen and oxygen atoms in total. The molecular formula is C13H19N3O6S. The lowest BCUT2D eigenvalue weighted by Gasteiger charge is -2.21. The van der Waals surface area contributed by atoms with Crippen molar-refractivity contribution in [3.63, 3.8) is 0 Å². The van der Waals surface area contributed by atoms with Gasteiger partial charge in [0, 0.05) is 18.6 Å². The molecule has 0 fully saturated rings. The summed E-state index contributed by atoms with van der Waals surface area (Å²) >= 11 is 0. The number of carbonyl (C=O) groups excluding carboxylic acids is 1. The summed E-state index contributed by atoms with van der Waals surface area (Å²) in [6, 6.07) is -1.62. The van der Waals surface area contributed by atoms with Crippen molar-refractivity contribution in [2.45, 2.75) is 38.2 Å². The van der Waals surface area contributed by atoms with E-state index >= 15 is 0 Å². The maximum absolute atomic E-state index is 12.1. The number of rotatable bonds is 6. The van der Waals surface area contributed by atoms with Crippen molar-refractivity contribution in [2.24, 2.45) is 0 Å². The Morgan fingerprint density at radius 1 is 1.35 bits per heavy atom. The summed E-state index contributed by atoms with van der Waals surface area (Å²) in [5.74, 6) is -2.72. The van der Waals surface area contributed by atoms with E-state index in [1.807, 2.05) is 5.32 Å². The molecule has 1 aromatic heterocycles. The quantitative estimate of drug-likeness (QED) is 0.755. The third kappa shape index (κ3) is 7.54. The van der Waals surface area contributed by atoms with Crippen molar-refractivity contribution in [3.8, 4) is 0 Å². The molecule has 2 N–H and O–H groups in total. The Morgan fingerprint density at radius 3 is 2.48 bits per heavy atom. The van der Waals surface area contributed by atoms with Crippen LogP contribution in [-0.4, -0.2) is 53.0 Å². The fraction of sp³-hybridized carbons (Fsp3) is 0.538. The summed E-state index contributed by atoms with van der Waals surface area (Å²) in [7, 11) is -3.82. The zero-order valence-corrected chi connectivity index (χ0v) is 13.8. The van der Waals surface area contributed by atoms with Gasteiger partial charge in [-0.3, -0.25) is 9.97 Å². The van der Waals surface area contributed by atoms with Gasteiger partial charge in [-0.1, -0.05) is 0 Å². The number of aromatic nitrogens is 2. The van der Waals surface area contributed by atoms with Gasteiger partial charge in [0.1, 0.15) is 11.6 Å². The van der Waals surface area contributed by atoms with Gasteiger partial charge in [-0.25, -0.2) is 18.0 Å². The molecule has 23 heavy (non-hydrogen) atoms. The Hall–Kier alpha value is -2.23. The van der Waals surface area contributed by atoms with Crippen LogP contribution < -0.4 is 5.32 Å². The number of carboxylic acids is 1. The highest BCUT2D eigenvalue weighted by Gasteiger charge is 2.29. The van der Waals surface area contributed by atoms with E-state index in [2.05, 4.69) is 9.97 Å². The molecule has 10 heteroatoms. The first-order valence-corrected chi connectivity index (χ1v) is 8.48. The SMILES string of the molecule is CC(C)(C)OC(=O)NC(CS(=O)(=O)Cc1cnccn1)C(=O)O. The molecule has 0 saturated heterocycles. The molecule has 1 heterocycles. The van der Waals surface area contributed by atoms with Gasteiger partial charge in [0.15, 0.2) is 9.84 Å². The van der Waals surface area contributed by atoms with E-state index in [-0.39, 0.29) is 5.69 Å². The van der Waals surface area contributed by atoms with E-state index in [4.69, 9.17) is 9.84 Å². The molecule has 1 rings (SSSR count). The molecule has 0 aromatic carbocycles. The normalized spacial score (nSPS) is 13.2. The fourth-order valence-electron chi connectivity index (χ4n) is 1.57. The van der Waals surface area contributed by atoms with Crippen molar-refractivity contribution in [3.05, 3.63) is 24.3 Å². The molecule has 0 aliphatic rings. The van der Waals surface area contributed by atoms with Crippen LogP contribution in [-0.2, 0) is 25.1 Å². The average Bonchev–Trinajstić information content (AvgIpc) is 2.35. The number of hydrogen-bond acceptors (Lipinski definition) is 7. The van der Waals surface area contributed by atoms with Crippen LogP contribution in [0.25, 0.3) is 0 Å². The van der Waals surface area contributed by atoms with Crippen molar-refractivity contribution in [1.82, 2.24) is 15.3 Å². The number of nitrogens with one attached hydrogen (secondary N) is 1. The Kier molecular flexibility index (Phi) is 6.02. The van der Waals surface area contributed by atoms with Crippen LogP contribution in [0, 0.1) is 0 Å². The van der Waals surface area contributed by atoms with Crippen molar-refractivity contribution in [1.29, 1.82) is 0 Å². The number of ether oxygens (including phenoxy) is 1. The van der Waals surface area contributed by atoms with E-state index in [1.54, 1.807) is 20.8 Å². The van der Waals surface area contributed by atoms with Gasteiger partial charge in [-0.05, 0) is 20.8 Å². The number of carbonyl (C=O) groups is 2. The second-order valence-electron chi connectivity index (χ2n) is 5.79. The number of alkyl carbamates (subject to hydrolysis) is 1. The Bertz CT molecular complexity index is 654. The zero-order valence-electron chi connectivity index (χ0n) is 13.0. The minimum absolute atomic E-state index is 0.189. The van der Waals surface area contributed by atoms with Gasteiger partial charge >= 0.3 is 12.1 Å². The van der Waals surface area contributed by atoms with Gasteiger partial charge in [0.05, 0.1) is 17.2 Å². The first-order valence-electron chi connectivity index (χ1n) is 6.66. The van der Waals surface area contributed by atoms with Crippen LogP contribution in [0.15, 0.2) is 18.6 Å². The number of carboxylic acid groups (broad SMARTS) is 1. The summed E-state index contributed by atoms with van der Waals surface area (Å²) in [5.41, 5.74) is -0.639. The number of amides is 1. The maximum atomic E-state index is 12.1. The lowest BCUT2D eigenvalue weighted by Crippen LogP contribution is -2.47. The Balaban J connectivity index is 2.75. The lowest BCUT2D eigenvalue weighted by atomic mass is 10.2. The number of nitrogens with zero attached hydrogens (tertiary/aromatic N) is 2. The average molecular weight is 345 g/mol. The van der Waals surface area contributed by atoms with Crippen LogP contribution in [0.5, 0.6) is 0 Å². The lowest BCUT2D eigenvalue weighted by molar-refractivity contribution is -0.138. The minimum atomic E-state index is -3.82. The zero-order chi connectivity index (χ0) is 17.7. The van der Waals surface area contributed by atoms with E-state index in [1.165, 1.54) is 18.6 Å². The molecule has 0 aliphatic carbocycles. The molecule has 1 aromatic rings. The second kappa shape index (κ2) is 7.36. The standard InChI is InChI=1S/C13H19N3O6S/c1-13(2,3)22-12(19)16-10(11(17)18)8-23(20,21)7-9-6-14-4-5-15-9/h4-6,10H,7-8H2,1-3H3,(H,16,19)(H,17,18). The monoisotopic (exact) mass is 345 g/mol. The topological polar surface area (TPSA) is 136 Å². The van der Waals surface area contributed by atoms with E-state index in [0.29, 0.717) is 0 Å². The highest BCUT2D eigenvalue weighted by Crippen LogP contribution is 2.08. The maximum Gasteiger partial charge on any atom is 0.408 e. The molecule has 0 radical (unpaired) electrons. The van der Waals surface area contributed by atoms with Gasteiger partial charge in [0.2, 0.25) is 0 Å². The Labute approximate surface area is 134 Å². The Morgan fingerprint density at radius 2 is 2.00 bits per heavy atom. The smallest absolute Gasteiger partial charge is 0.408 e. The van der Waals surface area contributed by atoms with Crippen LogP contribution >= 0.6 is 0 Å². The predicted molar refractivity (Wildman–Crippen MR) is 80.3 cm³/mol. The minimum Gasteiger partial charge on any atom is -0.480 e. The molecule has 0 spiro atoms. The largest absolute Gasteiger partial charge is 0.480 e. The number of hydrogen-bond donors (Lipinski definition) is 2. The van der Waals surface area contributed by atoms with Crippen molar-refractivity contribution < 1.29 is 27.9 Å². The van der Waals surface area contributed by atoms with E-state index in [0.717, 1.165) is 0 Å². The fourth-order valence-corrected chi connectivity index (χ4v) is 3.02.